The summed E-state index contributed by atoms with van der Waals surface area (Å²) in [7, 11) is -9.90. The van der Waals surface area contributed by atoms with Gasteiger partial charge in [-0.2, -0.15) is 0 Å². The van der Waals surface area contributed by atoms with Crippen LogP contribution in [0.15, 0.2) is 0 Å². The number of hydrogen-bond donors (Lipinski definition) is 3. The summed E-state index contributed by atoms with van der Waals surface area (Å²) in [5, 5.41) is 10.6. The molecule has 0 amide bonds. The predicted molar refractivity (Wildman–Crippen MR) is 368 cm³/mol. The van der Waals surface area contributed by atoms with Crippen LogP contribution in [0.5, 0.6) is 0 Å². The zero-order valence-electron chi connectivity index (χ0n) is 58.8. The van der Waals surface area contributed by atoms with E-state index in [0.717, 1.165) is 89.9 Å². The fraction of sp³-hybridized carbons (Fsp3) is 0.944. The molecule has 19 heteroatoms. The second-order valence-corrected chi connectivity index (χ2v) is 28.9. The van der Waals surface area contributed by atoms with Crippen LogP contribution < -0.4 is 0 Å². The van der Waals surface area contributed by atoms with E-state index in [-0.39, 0.29) is 25.7 Å². The van der Waals surface area contributed by atoms with E-state index in [2.05, 4.69) is 27.7 Å². The van der Waals surface area contributed by atoms with Crippen molar-refractivity contribution in [1.29, 1.82) is 0 Å². The molecule has 0 aromatic carbocycles. The fourth-order valence-electron chi connectivity index (χ4n) is 11.0. The summed E-state index contributed by atoms with van der Waals surface area (Å²) in [6.45, 7) is 4.95. The molecule has 540 valence electrons. The first-order valence-electron chi connectivity index (χ1n) is 37.8. The van der Waals surface area contributed by atoms with Crippen molar-refractivity contribution in [1.82, 2.24) is 0 Å². The lowest BCUT2D eigenvalue weighted by atomic mass is 10.0. The summed E-state index contributed by atoms with van der Waals surface area (Å²) in [6, 6.07) is 0. The first-order valence-corrected chi connectivity index (χ1v) is 40.8. The summed E-state index contributed by atoms with van der Waals surface area (Å²) < 4.78 is 68.3. The topological polar surface area (TPSA) is 237 Å². The van der Waals surface area contributed by atoms with Gasteiger partial charge in [-0.15, -0.1) is 0 Å². The van der Waals surface area contributed by atoms with E-state index >= 15 is 0 Å². The van der Waals surface area contributed by atoms with Crippen LogP contribution in [0.1, 0.15) is 381 Å². The van der Waals surface area contributed by atoms with Gasteiger partial charge in [-0.3, -0.25) is 37.3 Å². The maximum absolute atomic E-state index is 13.0. The standard InChI is InChI=1S/C72H140O17P2/c1-5-9-13-17-21-25-29-30-31-32-33-34-35-36-39-43-47-51-55-59-72(77)89-68(63-83-70(75)57-53-49-45-41-37-26-22-18-14-10-6-2)65-87-91(80,81)85-61-66(73)60-84-90(78,79)86-64-67(62-82-69(74)56-52-48-44-40-28-24-20-16-12-8-4)88-71(76)58-54-50-46-42-38-27-23-19-15-11-7-3/h66-68,73H,5-65H2,1-4H3,(H,78,79)(H,80,81)/t66-,67+,68+/m0/s1. The van der Waals surface area contributed by atoms with Gasteiger partial charge in [-0.05, 0) is 25.7 Å². The molecule has 0 aliphatic rings. The number of aliphatic hydroxyl groups is 1. The number of phosphoric ester groups is 2. The summed E-state index contributed by atoms with van der Waals surface area (Å²) in [4.78, 5) is 72.6. The molecule has 0 aromatic rings. The lowest BCUT2D eigenvalue weighted by molar-refractivity contribution is -0.161. The van der Waals surface area contributed by atoms with Crippen LogP contribution in [0.3, 0.4) is 0 Å². The summed E-state index contributed by atoms with van der Waals surface area (Å²) >= 11 is 0. The molecule has 0 saturated heterocycles. The zero-order valence-corrected chi connectivity index (χ0v) is 60.6. The van der Waals surface area contributed by atoms with Crippen LogP contribution in [0.4, 0.5) is 0 Å². The highest BCUT2D eigenvalue weighted by atomic mass is 31.2. The largest absolute Gasteiger partial charge is 0.472 e. The van der Waals surface area contributed by atoms with E-state index in [1.54, 1.807) is 0 Å². The van der Waals surface area contributed by atoms with Crippen LogP contribution in [-0.2, 0) is 65.4 Å². The molecule has 0 saturated carbocycles. The minimum absolute atomic E-state index is 0.108. The number of aliphatic hydroxyl groups excluding tert-OH is 1. The van der Waals surface area contributed by atoms with Crippen molar-refractivity contribution in [2.45, 2.75) is 399 Å². The molecular weight excluding hydrogens is 1200 g/mol. The van der Waals surface area contributed by atoms with Crippen molar-refractivity contribution in [2.24, 2.45) is 0 Å². The van der Waals surface area contributed by atoms with Crippen molar-refractivity contribution >= 4 is 39.5 Å². The Hall–Kier alpha value is -1.94. The van der Waals surface area contributed by atoms with E-state index in [9.17, 15) is 43.2 Å². The number of hydrogen-bond acceptors (Lipinski definition) is 15. The van der Waals surface area contributed by atoms with Crippen LogP contribution in [0.2, 0.25) is 0 Å². The first kappa shape index (κ1) is 89.1. The lowest BCUT2D eigenvalue weighted by Crippen LogP contribution is -2.30. The van der Waals surface area contributed by atoms with E-state index in [1.165, 1.54) is 212 Å². The minimum atomic E-state index is -4.95. The third kappa shape index (κ3) is 66.5. The van der Waals surface area contributed by atoms with Crippen molar-refractivity contribution in [3.05, 3.63) is 0 Å². The zero-order chi connectivity index (χ0) is 66.8. The third-order valence-corrected chi connectivity index (χ3v) is 18.8. The maximum Gasteiger partial charge on any atom is 0.472 e. The van der Waals surface area contributed by atoms with E-state index in [1.807, 2.05) is 0 Å². The van der Waals surface area contributed by atoms with Gasteiger partial charge in [0.2, 0.25) is 0 Å². The Balaban J connectivity index is 5.19. The van der Waals surface area contributed by atoms with Gasteiger partial charge in [-0.1, -0.05) is 329 Å². The number of carbonyl (C=O) groups excluding carboxylic acids is 4. The highest BCUT2D eigenvalue weighted by molar-refractivity contribution is 7.47. The molecule has 0 aliphatic carbocycles. The van der Waals surface area contributed by atoms with Gasteiger partial charge in [0.1, 0.15) is 19.3 Å². The Bertz CT molecular complexity index is 1740. The molecule has 17 nitrogen and oxygen atoms in total. The van der Waals surface area contributed by atoms with Crippen LogP contribution in [0.25, 0.3) is 0 Å². The first-order chi connectivity index (χ1) is 44.2. The maximum atomic E-state index is 13.0. The molecule has 2 unspecified atom stereocenters. The number of rotatable bonds is 73. The van der Waals surface area contributed by atoms with Crippen molar-refractivity contribution in [3.63, 3.8) is 0 Å². The molecule has 0 radical (unpaired) electrons. The second kappa shape index (κ2) is 66.7. The van der Waals surface area contributed by atoms with Gasteiger partial charge >= 0.3 is 39.5 Å². The monoisotopic (exact) mass is 1340 g/mol. The minimum Gasteiger partial charge on any atom is -0.462 e. The van der Waals surface area contributed by atoms with Crippen molar-refractivity contribution in [2.75, 3.05) is 39.6 Å². The molecule has 0 rings (SSSR count). The Morgan fingerprint density at radius 3 is 0.648 bits per heavy atom. The number of esters is 4. The fourth-order valence-corrected chi connectivity index (χ4v) is 12.6. The Labute approximate surface area is 556 Å². The van der Waals surface area contributed by atoms with E-state index in [4.69, 9.17) is 37.0 Å². The third-order valence-electron chi connectivity index (χ3n) is 16.9. The normalized spacial score (nSPS) is 14.0. The summed E-state index contributed by atoms with van der Waals surface area (Å²) in [5.74, 6) is -2.12. The lowest BCUT2D eigenvalue weighted by Gasteiger charge is -2.21. The highest BCUT2D eigenvalue weighted by Crippen LogP contribution is 2.45. The number of ether oxygens (including phenoxy) is 4. The number of carbonyl (C=O) groups is 4. The average molecular weight is 1340 g/mol. The molecule has 0 heterocycles. The molecule has 0 fully saturated rings. The Morgan fingerprint density at radius 1 is 0.264 bits per heavy atom. The predicted octanol–water partition coefficient (Wildman–Crippen LogP) is 21.1. The van der Waals surface area contributed by atoms with E-state index < -0.39 is 97.5 Å². The van der Waals surface area contributed by atoms with Gasteiger partial charge in [0, 0.05) is 25.7 Å². The van der Waals surface area contributed by atoms with Gasteiger partial charge in [0.25, 0.3) is 0 Å². The van der Waals surface area contributed by atoms with Gasteiger partial charge in [0.05, 0.1) is 26.4 Å². The van der Waals surface area contributed by atoms with Crippen LogP contribution in [-0.4, -0.2) is 96.7 Å². The summed E-state index contributed by atoms with van der Waals surface area (Å²) in [5.41, 5.74) is 0. The molecule has 5 atom stereocenters. The number of unbranched alkanes of at least 4 members (excludes halogenated alkanes) is 47. The average Bonchev–Trinajstić information content (AvgIpc) is 3.66. The van der Waals surface area contributed by atoms with Crippen LogP contribution in [0, 0.1) is 0 Å². The Morgan fingerprint density at radius 2 is 0.440 bits per heavy atom. The van der Waals surface area contributed by atoms with Gasteiger partial charge in [0.15, 0.2) is 12.2 Å². The van der Waals surface area contributed by atoms with Gasteiger partial charge in [-0.25, -0.2) is 9.13 Å². The molecule has 0 bridgehead atoms. The summed E-state index contributed by atoms with van der Waals surface area (Å²) in [6.07, 6.45) is 55.4. The molecule has 0 spiro atoms. The van der Waals surface area contributed by atoms with Gasteiger partial charge < -0.3 is 33.8 Å². The highest BCUT2D eigenvalue weighted by Gasteiger charge is 2.30. The molecular formula is C72H140O17P2. The molecule has 0 aromatic heterocycles. The van der Waals surface area contributed by atoms with E-state index in [0.29, 0.717) is 25.7 Å². The number of phosphoric acid groups is 2. The SMILES string of the molecule is CCCCCCCCCCCCCCCCCCCCCC(=O)O[C@H](COC(=O)CCCCCCCCCCCCC)COP(=O)(O)OC[C@@H](O)COP(=O)(O)OC[C@@H](COC(=O)CCCCCCCCCCCC)OC(=O)CCCCCCCCCCCCC. The second-order valence-electron chi connectivity index (χ2n) is 26.0. The van der Waals surface area contributed by atoms with Crippen molar-refractivity contribution < 1.29 is 80.2 Å². The molecule has 3 N–H and O–H groups in total. The van der Waals surface area contributed by atoms with Crippen LogP contribution >= 0.6 is 15.6 Å². The van der Waals surface area contributed by atoms with Crippen molar-refractivity contribution in [3.8, 4) is 0 Å². The quantitative estimate of drug-likeness (QED) is 0.0222. The Kier molecular flexibility index (Phi) is 65.2. The smallest absolute Gasteiger partial charge is 0.462 e. The molecule has 0 aliphatic heterocycles. The molecule has 91 heavy (non-hydrogen) atoms.